The highest BCUT2D eigenvalue weighted by molar-refractivity contribution is 7.16. The first kappa shape index (κ1) is 19.3. The fraction of sp³-hybridized carbons (Fsp3) is 0.217. The Morgan fingerprint density at radius 3 is 2.69 bits per heavy atom. The summed E-state index contributed by atoms with van der Waals surface area (Å²) in [5.74, 6) is 0.145. The zero-order valence-corrected chi connectivity index (χ0v) is 16.9. The smallest absolute Gasteiger partial charge is 0.259 e. The molecule has 148 valence electrons. The summed E-state index contributed by atoms with van der Waals surface area (Å²) in [4.78, 5) is 19.0. The second kappa shape index (κ2) is 8.57. The molecule has 29 heavy (non-hydrogen) atoms. The average molecular weight is 408 g/mol. The molecule has 0 aliphatic heterocycles. The molecule has 0 bridgehead atoms. The van der Waals surface area contributed by atoms with E-state index in [0.29, 0.717) is 22.0 Å². The highest BCUT2D eigenvalue weighted by Gasteiger charge is 2.25. The molecule has 4 rings (SSSR count). The molecule has 0 fully saturated rings. The number of aliphatic imine (C=N–C) groups is 1. The van der Waals surface area contributed by atoms with Crippen LogP contribution in [0.3, 0.4) is 0 Å². The van der Waals surface area contributed by atoms with Crippen molar-refractivity contribution in [2.75, 3.05) is 12.4 Å². The number of ether oxygens (including phenoxy) is 1. The standard InChI is InChI=1S/C23H21FN2O2S/c1-28-19-8-4-3-7-18(19)26-22(27)21-17-6-2-5-9-20(17)29-23(21)25-14-15-10-12-16(24)13-11-15/h3-4,7-8,10-14H,2,5-6,9H2,1H3,(H,26,27)/b25-14+. The first-order valence-electron chi connectivity index (χ1n) is 9.54. The van der Waals surface area contributed by atoms with E-state index in [1.807, 2.05) is 24.3 Å². The molecule has 3 aromatic rings. The number of methoxy groups -OCH3 is 1. The molecule has 2 aromatic carbocycles. The number of amides is 1. The first-order chi connectivity index (χ1) is 14.2. The van der Waals surface area contributed by atoms with Crippen molar-refractivity contribution in [2.45, 2.75) is 25.7 Å². The number of halogens is 1. The number of rotatable bonds is 5. The quantitative estimate of drug-likeness (QED) is 0.544. The summed E-state index contributed by atoms with van der Waals surface area (Å²) >= 11 is 1.57. The molecule has 0 saturated heterocycles. The highest BCUT2D eigenvalue weighted by atomic mass is 32.1. The van der Waals surface area contributed by atoms with Gasteiger partial charge in [0.15, 0.2) is 0 Å². The van der Waals surface area contributed by atoms with Gasteiger partial charge < -0.3 is 10.1 Å². The van der Waals surface area contributed by atoms with Gasteiger partial charge >= 0.3 is 0 Å². The van der Waals surface area contributed by atoms with Crippen LogP contribution in [0, 0.1) is 5.82 Å². The van der Waals surface area contributed by atoms with E-state index in [2.05, 4.69) is 10.3 Å². The summed E-state index contributed by atoms with van der Waals surface area (Å²) in [6.45, 7) is 0. The normalized spacial score (nSPS) is 13.3. The lowest BCUT2D eigenvalue weighted by atomic mass is 9.95. The maximum Gasteiger partial charge on any atom is 0.259 e. The summed E-state index contributed by atoms with van der Waals surface area (Å²) in [6.07, 6.45) is 5.73. The molecule has 1 heterocycles. The molecule has 1 amide bonds. The van der Waals surface area contributed by atoms with Gasteiger partial charge in [0.25, 0.3) is 5.91 Å². The molecule has 0 saturated carbocycles. The second-order valence-corrected chi connectivity index (χ2v) is 7.94. The highest BCUT2D eigenvalue weighted by Crippen LogP contribution is 2.40. The van der Waals surface area contributed by atoms with E-state index < -0.39 is 0 Å². The van der Waals surface area contributed by atoms with Crippen molar-refractivity contribution in [2.24, 2.45) is 4.99 Å². The topological polar surface area (TPSA) is 50.7 Å². The van der Waals surface area contributed by atoms with Crippen molar-refractivity contribution < 1.29 is 13.9 Å². The predicted molar refractivity (Wildman–Crippen MR) is 116 cm³/mol. The molecule has 0 spiro atoms. The third kappa shape index (κ3) is 4.22. The molecule has 1 aliphatic carbocycles. The van der Waals surface area contributed by atoms with E-state index in [9.17, 15) is 9.18 Å². The van der Waals surface area contributed by atoms with E-state index in [4.69, 9.17) is 4.74 Å². The minimum absolute atomic E-state index is 0.180. The maximum atomic E-state index is 13.2. The van der Waals surface area contributed by atoms with Crippen molar-refractivity contribution in [1.29, 1.82) is 0 Å². The zero-order valence-electron chi connectivity index (χ0n) is 16.1. The van der Waals surface area contributed by atoms with Gasteiger partial charge in [-0.15, -0.1) is 11.3 Å². The van der Waals surface area contributed by atoms with Crippen LogP contribution in [0.2, 0.25) is 0 Å². The largest absolute Gasteiger partial charge is 0.495 e. The van der Waals surface area contributed by atoms with Gasteiger partial charge in [0, 0.05) is 11.1 Å². The molecule has 0 unspecified atom stereocenters. The van der Waals surface area contributed by atoms with Crippen molar-refractivity contribution in [3.63, 3.8) is 0 Å². The van der Waals surface area contributed by atoms with Crippen LogP contribution < -0.4 is 10.1 Å². The number of para-hydroxylation sites is 2. The van der Waals surface area contributed by atoms with Crippen LogP contribution in [-0.2, 0) is 12.8 Å². The van der Waals surface area contributed by atoms with Crippen LogP contribution in [-0.4, -0.2) is 19.2 Å². The minimum atomic E-state index is -0.286. The Morgan fingerprint density at radius 2 is 1.90 bits per heavy atom. The zero-order chi connectivity index (χ0) is 20.2. The van der Waals surface area contributed by atoms with E-state index in [0.717, 1.165) is 36.8 Å². The number of thiophene rings is 1. The van der Waals surface area contributed by atoms with Gasteiger partial charge in [-0.05, 0) is 61.1 Å². The molecule has 1 aliphatic rings. The van der Waals surface area contributed by atoms with Crippen LogP contribution in [0.15, 0.2) is 53.5 Å². The Bertz CT molecular complexity index is 1060. The predicted octanol–water partition coefficient (Wildman–Crippen LogP) is 5.78. The minimum Gasteiger partial charge on any atom is -0.495 e. The molecule has 6 heteroatoms. The van der Waals surface area contributed by atoms with Crippen molar-refractivity contribution in [1.82, 2.24) is 0 Å². The number of carbonyl (C=O) groups is 1. The molecular weight excluding hydrogens is 387 g/mol. The van der Waals surface area contributed by atoms with Gasteiger partial charge in [-0.1, -0.05) is 24.3 Å². The number of hydrogen-bond acceptors (Lipinski definition) is 4. The molecule has 4 nitrogen and oxygen atoms in total. The Hall–Kier alpha value is -2.99. The fourth-order valence-electron chi connectivity index (χ4n) is 3.49. The van der Waals surface area contributed by atoms with Gasteiger partial charge in [-0.25, -0.2) is 9.38 Å². The van der Waals surface area contributed by atoms with Gasteiger partial charge in [0.1, 0.15) is 16.6 Å². The number of carbonyl (C=O) groups excluding carboxylic acids is 1. The Kier molecular flexibility index (Phi) is 5.71. The average Bonchev–Trinajstić information content (AvgIpc) is 3.12. The van der Waals surface area contributed by atoms with Gasteiger partial charge in [-0.2, -0.15) is 0 Å². The maximum absolute atomic E-state index is 13.2. The van der Waals surface area contributed by atoms with E-state index in [-0.39, 0.29) is 11.7 Å². The van der Waals surface area contributed by atoms with Crippen LogP contribution in [0.4, 0.5) is 15.1 Å². The van der Waals surface area contributed by atoms with Gasteiger partial charge in [0.05, 0.1) is 18.4 Å². The van der Waals surface area contributed by atoms with Crippen molar-refractivity contribution >= 4 is 34.1 Å². The van der Waals surface area contributed by atoms with Crippen molar-refractivity contribution in [3.8, 4) is 5.75 Å². The van der Waals surface area contributed by atoms with Crippen LogP contribution in [0.1, 0.15) is 39.2 Å². The summed E-state index contributed by atoms with van der Waals surface area (Å²) in [6, 6.07) is 13.5. The summed E-state index contributed by atoms with van der Waals surface area (Å²) in [5, 5.41) is 3.67. The lowest BCUT2D eigenvalue weighted by Gasteiger charge is -2.14. The first-order valence-corrected chi connectivity index (χ1v) is 10.4. The van der Waals surface area contributed by atoms with Crippen LogP contribution >= 0.6 is 11.3 Å². The Balaban J connectivity index is 1.68. The summed E-state index contributed by atoms with van der Waals surface area (Å²) in [5.41, 5.74) is 3.15. The number of hydrogen-bond donors (Lipinski definition) is 1. The second-order valence-electron chi connectivity index (χ2n) is 6.86. The number of fused-ring (bicyclic) bond motifs is 1. The van der Waals surface area contributed by atoms with Crippen LogP contribution in [0.5, 0.6) is 5.75 Å². The summed E-state index contributed by atoms with van der Waals surface area (Å²) < 4.78 is 18.5. The van der Waals surface area contributed by atoms with Gasteiger partial charge in [-0.3, -0.25) is 4.79 Å². The third-order valence-corrected chi connectivity index (χ3v) is 6.14. The molecule has 0 atom stereocenters. The van der Waals surface area contributed by atoms with Gasteiger partial charge in [0.2, 0.25) is 0 Å². The Labute approximate surface area is 173 Å². The van der Waals surface area contributed by atoms with E-state index >= 15 is 0 Å². The van der Waals surface area contributed by atoms with E-state index in [1.54, 1.807) is 36.8 Å². The third-order valence-electron chi connectivity index (χ3n) is 4.94. The van der Waals surface area contributed by atoms with Crippen molar-refractivity contribution in [3.05, 3.63) is 75.9 Å². The fourth-order valence-corrected chi connectivity index (χ4v) is 4.72. The number of nitrogens with zero attached hydrogens (tertiary/aromatic N) is 1. The number of benzene rings is 2. The lowest BCUT2D eigenvalue weighted by molar-refractivity contribution is 0.102. The lowest BCUT2D eigenvalue weighted by Crippen LogP contribution is -2.15. The number of nitrogens with one attached hydrogen (secondary N) is 1. The molecule has 0 radical (unpaired) electrons. The summed E-state index contributed by atoms with van der Waals surface area (Å²) in [7, 11) is 1.58. The van der Waals surface area contributed by atoms with E-state index in [1.165, 1.54) is 17.0 Å². The molecule has 1 aromatic heterocycles. The molecular formula is C23H21FN2O2S. The van der Waals surface area contributed by atoms with Crippen LogP contribution in [0.25, 0.3) is 0 Å². The molecule has 1 N–H and O–H groups in total. The Morgan fingerprint density at radius 1 is 1.14 bits per heavy atom. The number of anilines is 1. The number of aryl methyl sites for hydroxylation is 1. The monoisotopic (exact) mass is 408 g/mol. The SMILES string of the molecule is COc1ccccc1NC(=O)c1c(/N=C/c2ccc(F)cc2)sc2c1CCCC2.